The van der Waals surface area contributed by atoms with Crippen LogP contribution in [0, 0.1) is 11.7 Å². The van der Waals surface area contributed by atoms with E-state index in [0.29, 0.717) is 19.4 Å². The Bertz CT molecular complexity index is 906. The SMILES string of the molecule is COc1ccc(CNC(=O)C2CCN(S(=O)(=O)c3ccc(F)cc3)CC2)cc1. The number of carbonyl (C=O) groups excluding carboxylic acids is 1. The quantitative estimate of drug-likeness (QED) is 0.800. The second-order valence-electron chi connectivity index (χ2n) is 6.70. The van der Waals surface area contributed by atoms with Crippen LogP contribution < -0.4 is 10.1 Å². The number of methoxy groups -OCH3 is 1. The molecule has 1 heterocycles. The number of carbonyl (C=O) groups is 1. The summed E-state index contributed by atoms with van der Waals surface area (Å²) in [6.45, 7) is 0.942. The number of halogens is 1. The molecule has 0 aromatic heterocycles. The molecule has 0 unspecified atom stereocenters. The molecule has 1 aliphatic rings. The fourth-order valence-electron chi connectivity index (χ4n) is 3.19. The second-order valence-corrected chi connectivity index (χ2v) is 8.64. The summed E-state index contributed by atoms with van der Waals surface area (Å²) in [4.78, 5) is 12.5. The van der Waals surface area contributed by atoms with Crippen LogP contribution in [0.15, 0.2) is 53.4 Å². The van der Waals surface area contributed by atoms with E-state index in [9.17, 15) is 17.6 Å². The molecule has 150 valence electrons. The lowest BCUT2D eigenvalue weighted by atomic mass is 9.97. The van der Waals surface area contributed by atoms with Crippen LogP contribution in [-0.2, 0) is 21.4 Å². The number of amides is 1. The van der Waals surface area contributed by atoms with Crippen LogP contribution in [0.3, 0.4) is 0 Å². The van der Waals surface area contributed by atoms with E-state index >= 15 is 0 Å². The van der Waals surface area contributed by atoms with Crippen molar-refractivity contribution in [1.82, 2.24) is 9.62 Å². The van der Waals surface area contributed by atoms with Crippen LogP contribution in [0.1, 0.15) is 18.4 Å². The van der Waals surface area contributed by atoms with E-state index in [1.54, 1.807) is 7.11 Å². The Morgan fingerprint density at radius 1 is 1.11 bits per heavy atom. The summed E-state index contributed by atoms with van der Waals surface area (Å²) >= 11 is 0. The molecule has 1 fully saturated rings. The van der Waals surface area contributed by atoms with E-state index < -0.39 is 15.8 Å². The molecule has 0 aliphatic carbocycles. The van der Waals surface area contributed by atoms with E-state index in [1.165, 1.54) is 16.4 Å². The Morgan fingerprint density at radius 3 is 2.29 bits per heavy atom. The van der Waals surface area contributed by atoms with Crippen LogP contribution in [-0.4, -0.2) is 38.8 Å². The number of rotatable bonds is 6. The van der Waals surface area contributed by atoms with Gasteiger partial charge < -0.3 is 10.1 Å². The summed E-state index contributed by atoms with van der Waals surface area (Å²) < 4.78 is 44.8. The molecule has 1 saturated heterocycles. The van der Waals surface area contributed by atoms with Gasteiger partial charge in [-0.15, -0.1) is 0 Å². The highest BCUT2D eigenvalue weighted by molar-refractivity contribution is 7.89. The molecule has 3 rings (SSSR count). The van der Waals surface area contributed by atoms with Crippen molar-refractivity contribution in [2.24, 2.45) is 5.92 Å². The third-order valence-corrected chi connectivity index (χ3v) is 6.81. The summed E-state index contributed by atoms with van der Waals surface area (Å²) in [5, 5.41) is 2.91. The molecule has 2 aromatic carbocycles. The fourth-order valence-corrected chi connectivity index (χ4v) is 4.66. The number of sulfonamides is 1. The topological polar surface area (TPSA) is 75.7 Å². The largest absolute Gasteiger partial charge is 0.497 e. The summed E-state index contributed by atoms with van der Waals surface area (Å²) in [5.41, 5.74) is 0.963. The predicted octanol–water partition coefficient (Wildman–Crippen LogP) is 2.55. The van der Waals surface area contributed by atoms with Crippen molar-refractivity contribution in [2.75, 3.05) is 20.2 Å². The third-order valence-electron chi connectivity index (χ3n) is 4.90. The number of hydrogen-bond donors (Lipinski definition) is 1. The van der Waals surface area contributed by atoms with Crippen molar-refractivity contribution in [3.63, 3.8) is 0 Å². The number of benzene rings is 2. The molecule has 1 amide bonds. The zero-order valence-corrected chi connectivity index (χ0v) is 16.4. The maximum Gasteiger partial charge on any atom is 0.243 e. The lowest BCUT2D eigenvalue weighted by Gasteiger charge is -2.30. The zero-order chi connectivity index (χ0) is 20.1. The fraction of sp³-hybridized carbons (Fsp3) is 0.350. The molecule has 1 N–H and O–H groups in total. The highest BCUT2D eigenvalue weighted by Gasteiger charge is 2.32. The Labute approximate surface area is 164 Å². The Hall–Kier alpha value is -2.45. The van der Waals surface area contributed by atoms with E-state index in [2.05, 4.69) is 5.32 Å². The van der Waals surface area contributed by atoms with Gasteiger partial charge in [-0.2, -0.15) is 4.31 Å². The average molecular weight is 406 g/mol. The van der Waals surface area contributed by atoms with Gasteiger partial charge in [-0.1, -0.05) is 12.1 Å². The second kappa shape index (κ2) is 8.70. The van der Waals surface area contributed by atoms with Gasteiger partial charge in [0.15, 0.2) is 0 Å². The first kappa shape index (κ1) is 20.3. The standard InChI is InChI=1S/C20H23FN2O4S/c1-27-18-6-2-15(3-7-18)14-22-20(24)16-10-12-23(13-11-16)28(25,26)19-8-4-17(21)5-9-19/h2-9,16H,10-14H2,1H3,(H,22,24). The summed E-state index contributed by atoms with van der Waals surface area (Å²) in [7, 11) is -2.07. The molecule has 0 bridgehead atoms. The van der Waals surface area contributed by atoms with Crippen molar-refractivity contribution in [3.8, 4) is 5.75 Å². The van der Waals surface area contributed by atoms with Crippen LogP contribution in [0.2, 0.25) is 0 Å². The number of ether oxygens (including phenoxy) is 1. The first-order valence-electron chi connectivity index (χ1n) is 9.06. The Morgan fingerprint density at radius 2 is 1.71 bits per heavy atom. The van der Waals surface area contributed by atoms with Gasteiger partial charge in [-0.25, -0.2) is 12.8 Å². The number of nitrogens with one attached hydrogen (secondary N) is 1. The van der Waals surface area contributed by atoms with Crippen LogP contribution in [0.4, 0.5) is 4.39 Å². The van der Waals surface area contributed by atoms with Gasteiger partial charge in [0.1, 0.15) is 11.6 Å². The molecule has 6 nitrogen and oxygen atoms in total. The summed E-state index contributed by atoms with van der Waals surface area (Å²) in [6, 6.07) is 12.2. The molecule has 28 heavy (non-hydrogen) atoms. The molecule has 0 spiro atoms. The molecule has 1 aliphatic heterocycles. The van der Waals surface area contributed by atoms with Crippen molar-refractivity contribution in [1.29, 1.82) is 0 Å². The van der Waals surface area contributed by atoms with E-state index in [-0.39, 0.29) is 29.8 Å². The minimum absolute atomic E-state index is 0.0660. The minimum atomic E-state index is -3.67. The zero-order valence-electron chi connectivity index (χ0n) is 15.6. The number of hydrogen-bond acceptors (Lipinski definition) is 4. The molecule has 0 atom stereocenters. The van der Waals surface area contributed by atoms with E-state index in [1.807, 2.05) is 24.3 Å². The van der Waals surface area contributed by atoms with Crippen LogP contribution in [0.5, 0.6) is 5.75 Å². The molecular weight excluding hydrogens is 383 g/mol. The molecule has 0 saturated carbocycles. The number of nitrogens with zero attached hydrogens (tertiary/aromatic N) is 1. The van der Waals surface area contributed by atoms with Crippen LogP contribution in [0.25, 0.3) is 0 Å². The van der Waals surface area contributed by atoms with Crippen molar-refractivity contribution in [2.45, 2.75) is 24.3 Å². The van der Waals surface area contributed by atoms with Gasteiger partial charge in [-0.05, 0) is 54.8 Å². The van der Waals surface area contributed by atoms with E-state index in [4.69, 9.17) is 4.74 Å². The summed E-state index contributed by atoms with van der Waals surface area (Å²) in [6.07, 6.45) is 0.906. The number of piperidine rings is 1. The van der Waals surface area contributed by atoms with Gasteiger partial charge in [0.2, 0.25) is 15.9 Å². The van der Waals surface area contributed by atoms with Gasteiger partial charge in [0.05, 0.1) is 12.0 Å². The molecular formula is C20H23FN2O4S. The monoisotopic (exact) mass is 406 g/mol. The Balaban J connectivity index is 1.52. The lowest BCUT2D eigenvalue weighted by molar-refractivity contribution is -0.126. The van der Waals surface area contributed by atoms with Gasteiger partial charge >= 0.3 is 0 Å². The van der Waals surface area contributed by atoms with Crippen molar-refractivity contribution < 1.29 is 22.3 Å². The summed E-state index contributed by atoms with van der Waals surface area (Å²) in [5.74, 6) is -0.0245. The minimum Gasteiger partial charge on any atom is -0.497 e. The van der Waals surface area contributed by atoms with Crippen molar-refractivity contribution >= 4 is 15.9 Å². The molecule has 8 heteroatoms. The normalized spacial score (nSPS) is 15.9. The third kappa shape index (κ3) is 4.69. The Kier molecular flexibility index (Phi) is 6.31. The highest BCUT2D eigenvalue weighted by atomic mass is 32.2. The smallest absolute Gasteiger partial charge is 0.243 e. The van der Waals surface area contributed by atoms with Gasteiger partial charge in [-0.3, -0.25) is 4.79 Å². The first-order valence-corrected chi connectivity index (χ1v) is 10.5. The molecule has 0 radical (unpaired) electrons. The average Bonchev–Trinajstić information content (AvgIpc) is 2.73. The lowest BCUT2D eigenvalue weighted by Crippen LogP contribution is -2.42. The maximum atomic E-state index is 13.0. The van der Waals surface area contributed by atoms with E-state index in [0.717, 1.165) is 23.4 Å². The maximum absolute atomic E-state index is 13.0. The van der Waals surface area contributed by atoms with Crippen molar-refractivity contribution in [3.05, 3.63) is 59.9 Å². The van der Waals surface area contributed by atoms with Gasteiger partial charge in [0, 0.05) is 25.6 Å². The highest BCUT2D eigenvalue weighted by Crippen LogP contribution is 2.24. The molecule has 2 aromatic rings. The van der Waals surface area contributed by atoms with Gasteiger partial charge in [0.25, 0.3) is 0 Å². The predicted molar refractivity (Wildman–Crippen MR) is 103 cm³/mol. The van der Waals surface area contributed by atoms with Crippen LogP contribution >= 0.6 is 0 Å². The first-order chi connectivity index (χ1) is 13.4.